The zero-order chi connectivity index (χ0) is 15.1. The van der Waals surface area contributed by atoms with Crippen LogP contribution in [-0.2, 0) is 6.42 Å². The summed E-state index contributed by atoms with van der Waals surface area (Å²) in [5.74, 6) is 1.63. The predicted octanol–water partition coefficient (Wildman–Crippen LogP) is 3.61. The standard InChI is InChI=1S/C15H27ClN4/c1-6-7-14-18-13(16)10-15(19-14)17-8-9-20(11(2)3)12(4)5/h10-12H,6-9H2,1-5H3,(H,17,18,19). The summed E-state index contributed by atoms with van der Waals surface area (Å²) in [6.45, 7) is 12.8. The number of nitrogens with zero attached hydrogens (tertiary/aromatic N) is 3. The van der Waals surface area contributed by atoms with E-state index in [1.54, 1.807) is 6.07 Å². The summed E-state index contributed by atoms with van der Waals surface area (Å²) in [6.07, 6.45) is 1.88. The van der Waals surface area contributed by atoms with Crippen molar-refractivity contribution >= 4 is 17.4 Å². The molecule has 1 aromatic rings. The molecule has 0 unspecified atom stereocenters. The highest BCUT2D eigenvalue weighted by Gasteiger charge is 2.12. The van der Waals surface area contributed by atoms with Gasteiger partial charge in [-0.1, -0.05) is 18.5 Å². The highest BCUT2D eigenvalue weighted by molar-refractivity contribution is 6.29. The van der Waals surface area contributed by atoms with Crippen molar-refractivity contribution in [1.82, 2.24) is 14.9 Å². The second-order valence-corrected chi connectivity index (χ2v) is 5.98. The van der Waals surface area contributed by atoms with E-state index in [1.807, 2.05) is 0 Å². The van der Waals surface area contributed by atoms with Gasteiger partial charge in [0.05, 0.1) is 0 Å². The first-order valence-corrected chi connectivity index (χ1v) is 7.84. The molecule has 20 heavy (non-hydrogen) atoms. The Morgan fingerprint density at radius 3 is 2.40 bits per heavy atom. The van der Waals surface area contributed by atoms with Crippen LogP contribution in [-0.4, -0.2) is 40.0 Å². The van der Waals surface area contributed by atoms with E-state index in [9.17, 15) is 0 Å². The Morgan fingerprint density at radius 2 is 1.85 bits per heavy atom. The lowest BCUT2D eigenvalue weighted by Gasteiger charge is -2.30. The van der Waals surface area contributed by atoms with Gasteiger partial charge in [0.1, 0.15) is 16.8 Å². The van der Waals surface area contributed by atoms with Crippen LogP contribution in [0.25, 0.3) is 0 Å². The van der Waals surface area contributed by atoms with Gasteiger partial charge in [0.2, 0.25) is 0 Å². The summed E-state index contributed by atoms with van der Waals surface area (Å²) in [6, 6.07) is 2.87. The second-order valence-electron chi connectivity index (χ2n) is 5.59. The van der Waals surface area contributed by atoms with Gasteiger partial charge in [-0.25, -0.2) is 9.97 Å². The predicted molar refractivity (Wildman–Crippen MR) is 86.5 cm³/mol. The third-order valence-electron chi connectivity index (χ3n) is 3.22. The van der Waals surface area contributed by atoms with Gasteiger partial charge < -0.3 is 5.32 Å². The highest BCUT2D eigenvalue weighted by atomic mass is 35.5. The highest BCUT2D eigenvalue weighted by Crippen LogP contribution is 2.13. The number of halogens is 1. The van der Waals surface area contributed by atoms with Crippen molar-refractivity contribution < 1.29 is 0 Å². The van der Waals surface area contributed by atoms with Crippen LogP contribution >= 0.6 is 11.6 Å². The topological polar surface area (TPSA) is 41.1 Å². The van der Waals surface area contributed by atoms with Crippen LogP contribution in [0.15, 0.2) is 6.07 Å². The van der Waals surface area contributed by atoms with Crippen molar-refractivity contribution in [2.75, 3.05) is 18.4 Å². The van der Waals surface area contributed by atoms with E-state index in [1.165, 1.54) is 0 Å². The van der Waals surface area contributed by atoms with E-state index in [0.717, 1.165) is 37.6 Å². The molecule has 0 spiro atoms. The molecule has 0 aliphatic carbocycles. The number of aryl methyl sites for hydroxylation is 1. The molecule has 0 atom stereocenters. The fraction of sp³-hybridized carbons (Fsp3) is 0.733. The number of anilines is 1. The van der Waals surface area contributed by atoms with Gasteiger partial charge in [-0.2, -0.15) is 0 Å². The van der Waals surface area contributed by atoms with Gasteiger partial charge in [0.15, 0.2) is 0 Å². The van der Waals surface area contributed by atoms with E-state index in [2.05, 4.69) is 54.8 Å². The van der Waals surface area contributed by atoms with Crippen LogP contribution in [0, 0.1) is 0 Å². The molecule has 4 nitrogen and oxygen atoms in total. The lowest BCUT2D eigenvalue weighted by molar-refractivity contribution is 0.182. The number of nitrogens with one attached hydrogen (secondary N) is 1. The fourth-order valence-electron chi connectivity index (χ4n) is 2.32. The smallest absolute Gasteiger partial charge is 0.134 e. The number of hydrogen-bond acceptors (Lipinski definition) is 4. The van der Waals surface area contributed by atoms with Crippen molar-refractivity contribution in [3.8, 4) is 0 Å². The minimum Gasteiger partial charge on any atom is -0.369 e. The minimum absolute atomic E-state index is 0.510. The Morgan fingerprint density at radius 1 is 1.20 bits per heavy atom. The third-order valence-corrected chi connectivity index (χ3v) is 3.41. The average Bonchev–Trinajstić information content (AvgIpc) is 2.33. The molecule has 0 amide bonds. The molecule has 0 radical (unpaired) electrons. The Bertz CT molecular complexity index is 399. The Hall–Kier alpha value is -0.870. The second kappa shape index (κ2) is 8.42. The van der Waals surface area contributed by atoms with Gasteiger partial charge in [-0.05, 0) is 34.1 Å². The van der Waals surface area contributed by atoms with Crippen molar-refractivity contribution in [3.05, 3.63) is 17.0 Å². The van der Waals surface area contributed by atoms with E-state index < -0.39 is 0 Å². The minimum atomic E-state index is 0.510. The summed E-state index contributed by atoms with van der Waals surface area (Å²) >= 11 is 6.03. The molecule has 0 aliphatic heterocycles. The van der Waals surface area contributed by atoms with Gasteiger partial charge in [-0.3, -0.25) is 4.90 Å². The molecule has 1 aromatic heterocycles. The Labute approximate surface area is 127 Å². The zero-order valence-corrected chi connectivity index (χ0v) is 14.0. The Balaban J connectivity index is 2.56. The van der Waals surface area contributed by atoms with Crippen LogP contribution in [0.3, 0.4) is 0 Å². The Kier molecular flexibility index (Phi) is 7.24. The van der Waals surface area contributed by atoms with Gasteiger partial charge in [0.25, 0.3) is 0 Å². The SMILES string of the molecule is CCCc1nc(Cl)cc(NCCN(C(C)C)C(C)C)n1. The summed E-state index contributed by atoms with van der Waals surface area (Å²) in [5.41, 5.74) is 0. The van der Waals surface area contributed by atoms with Crippen LogP contribution in [0.5, 0.6) is 0 Å². The van der Waals surface area contributed by atoms with Crippen LogP contribution < -0.4 is 5.32 Å². The lowest BCUT2D eigenvalue weighted by Crippen LogP contribution is -2.40. The molecule has 5 heteroatoms. The summed E-state index contributed by atoms with van der Waals surface area (Å²) < 4.78 is 0. The fourth-order valence-corrected chi connectivity index (χ4v) is 2.52. The molecule has 0 aliphatic rings. The first-order valence-electron chi connectivity index (χ1n) is 7.47. The number of rotatable bonds is 8. The van der Waals surface area contributed by atoms with Gasteiger partial charge in [0, 0.05) is 37.7 Å². The van der Waals surface area contributed by atoms with E-state index >= 15 is 0 Å². The molecule has 0 saturated heterocycles. The van der Waals surface area contributed by atoms with E-state index in [-0.39, 0.29) is 0 Å². The number of hydrogen-bond donors (Lipinski definition) is 1. The first kappa shape index (κ1) is 17.2. The molecular weight excluding hydrogens is 272 g/mol. The molecule has 0 fully saturated rings. The molecule has 0 aromatic carbocycles. The maximum absolute atomic E-state index is 6.03. The summed E-state index contributed by atoms with van der Waals surface area (Å²) in [5, 5.41) is 3.86. The largest absolute Gasteiger partial charge is 0.369 e. The summed E-state index contributed by atoms with van der Waals surface area (Å²) in [7, 11) is 0. The molecular formula is C15H27ClN4. The molecule has 1 N–H and O–H groups in total. The number of aromatic nitrogens is 2. The molecule has 114 valence electrons. The maximum atomic E-state index is 6.03. The third kappa shape index (κ3) is 5.63. The van der Waals surface area contributed by atoms with Crippen LogP contribution in [0.1, 0.15) is 46.9 Å². The van der Waals surface area contributed by atoms with Crippen molar-refractivity contribution in [2.24, 2.45) is 0 Å². The van der Waals surface area contributed by atoms with E-state index in [4.69, 9.17) is 11.6 Å². The molecule has 1 heterocycles. The van der Waals surface area contributed by atoms with Crippen LogP contribution in [0.4, 0.5) is 5.82 Å². The quantitative estimate of drug-likeness (QED) is 0.744. The summed E-state index contributed by atoms with van der Waals surface area (Å²) in [4.78, 5) is 11.2. The molecule has 1 rings (SSSR count). The van der Waals surface area contributed by atoms with Crippen molar-refractivity contribution in [1.29, 1.82) is 0 Å². The molecule has 0 bridgehead atoms. The maximum Gasteiger partial charge on any atom is 0.134 e. The zero-order valence-electron chi connectivity index (χ0n) is 13.3. The average molecular weight is 299 g/mol. The first-order chi connectivity index (χ1) is 9.43. The van der Waals surface area contributed by atoms with Gasteiger partial charge in [-0.15, -0.1) is 0 Å². The molecule has 0 saturated carbocycles. The monoisotopic (exact) mass is 298 g/mol. The lowest BCUT2D eigenvalue weighted by atomic mass is 10.2. The normalized spacial score (nSPS) is 11.7. The van der Waals surface area contributed by atoms with Gasteiger partial charge >= 0.3 is 0 Å². The van der Waals surface area contributed by atoms with Crippen molar-refractivity contribution in [3.63, 3.8) is 0 Å². The van der Waals surface area contributed by atoms with Crippen molar-refractivity contribution in [2.45, 2.75) is 59.5 Å². The van der Waals surface area contributed by atoms with E-state index in [0.29, 0.717) is 17.2 Å². The van der Waals surface area contributed by atoms with Crippen LogP contribution in [0.2, 0.25) is 5.15 Å².